The normalized spacial score (nSPS) is 15.5. The average Bonchev–Trinajstić information content (AvgIpc) is 3.30. The van der Waals surface area contributed by atoms with Crippen molar-refractivity contribution in [2.45, 2.75) is 57.9 Å². The first-order valence-corrected chi connectivity index (χ1v) is 9.59. The maximum atomic E-state index is 12.5. The van der Waals surface area contributed by atoms with Crippen LogP contribution in [-0.2, 0) is 10.3 Å². The molecule has 1 aliphatic rings. The van der Waals surface area contributed by atoms with Crippen molar-refractivity contribution in [3.63, 3.8) is 0 Å². The molecule has 2 aromatic rings. The number of aromatic nitrogens is 2. The lowest BCUT2D eigenvalue weighted by Gasteiger charge is -2.26. The Kier molecular flexibility index (Phi) is 6.32. The Morgan fingerprint density at radius 3 is 2.56 bits per heavy atom. The van der Waals surface area contributed by atoms with Gasteiger partial charge in [0.1, 0.15) is 5.54 Å². The lowest BCUT2D eigenvalue weighted by molar-refractivity contribution is -0.123. The van der Waals surface area contributed by atoms with Gasteiger partial charge in [0, 0.05) is 13.3 Å². The molecule has 146 valence electrons. The highest BCUT2D eigenvalue weighted by Gasteiger charge is 2.41. The zero-order valence-electron chi connectivity index (χ0n) is 16.0. The van der Waals surface area contributed by atoms with Crippen LogP contribution >= 0.6 is 0 Å². The Bertz CT molecular complexity index is 753. The van der Waals surface area contributed by atoms with E-state index in [9.17, 15) is 4.79 Å². The lowest BCUT2D eigenvalue weighted by atomic mass is 9.96. The number of nitrogens with one attached hydrogen (secondary N) is 1. The predicted octanol–water partition coefficient (Wildman–Crippen LogP) is 3.52. The topological polar surface area (TPSA) is 86.5 Å². The summed E-state index contributed by atoms with van der Waals surface area (Å²) in [5.74, 6) is 2.52. The van der Waals surface area contributed by atoms with Crippen molar-refractivity contribution in [2.24, 2.45) is 0 Å². The average molecular weight is 373 g/mol. The molecule has 1 heterocycles. The molecule has 3 rings (SSSR count). The van der Waals surface area contributed by atoms with Gasteiger partial charge in [0.25, 0.3) is 0 Å². The summed E-state index contributed by atoms with van der Waals surface area (Å²) in [6.07, 6.45) is 4.78. The van der Waals surface area contributed by atoms with E-state index in [1.807, 2.05) is 31.2 Å². The second kappa shape index (κ2) is 8.88. The van der Waals surface area contributed by atoms with Crippen LogP contribution in [0.2, 0.25) is 0 Å². The number of nitrogens with zero attached hydrogens (tertiary/aromatic N) is 2. The molecule has 1 N–H and O–H groups in total. The van der Waals surface area contributed by atoms with E-state index < -0.39 is 5.54 Å². The molecule has 1 aromatic heterocycles. The lowest BCUT2D eigenvalue weighted by Crippen LogP contribution is -2.44. The molecule has 0 atom stereocenters. The number of carbonyl (C=O) groups excluding carboxylic acids is 1. The Hall–Kier alpha value is -2.57. The minimum absolute atomic E-state index is 0.0129. The highest BCUT2D eigenvalue weighted by molar-refractivity contribution is 5.76. The number of hydrogen-bond acceptors (Lipinski definition) is 6. The number of hydrogen-bond donors (Lipinski definition) is 1. The number of para-hydroxylation sites is 2. The van der Waals surface area contributed by atoms with Gasteiger partial charge in [-0.2, -0.15) is 4.98 Å². The Morgan fingerprint density at radius 1 is 1.22 bits per heavy atom. The van der Waals surface area contributed by atoms with Crippen LogP contribution in [0.4, 0.5) is 0 Å². The van der Waals surface area contributed by atoms with Crippen LogP contribution in [0.15, 0.2) is 28.8 Å². The van der Waals surface area contributed by atoms with Crippen LogP contribution in [0, 0.1) is 6.92 Å². The van der Waals surface area contributed by atoms with Crippen LogP contribution in [0.25, 0.3) is 0 Å². The molecule has 1 aliphatic carbocycles. The van der Waals surface area contributed by atoms with E-state index in [1.165, 1.54) is 0 Å². The van der Waals surface area contributed by atoms with Crippen LogP contribution in [0.1, 0.15) is 57.2 Å². The molecule has 0 aliphatic heterocycles. The first-order chi connectivity index (χ1) is 13.1. The summed E-state index contributed by atoms with van der Waals surface area (Å²) in [5.41, 5.74) is -0.489. The number of carbonyl (C=O) groups is 1. The van der Waals surface area contributed by atoms with E-state index in [4.69, 9.17) is 14.0 Å². The van der Waals surface area contributed by atoms with Gasteiger partial charge in [-0.05, 0) is 38.3 Å². The fraction of sp³-hybridized carbons (Fsp3) is 0.550. The van der Waals surface area contributed by atoms with E-state index in [0.29, 0.717) is 43.5 Å². The van der Waals surface area contributed by atoms with E-state index in [-0.39, 0.29) is 5.91 Å². The number of ether oxygens (including phenoxy) is 2. The van der Waals surface area contributed by atoms with Crippen molar-refractivity contribution in [1.29, 1.82) is 0 Å². The first kappa shape index (κ1) is 19.2. The molecular formula is C20H27N3O4. The quantitative estimate of drug-likeness (QED) is 0.677. The third-order valence-electron chi connectivity index (χ3n) is 4.75. The molecule has 1 aromatic carbocycles. The fourth-order valence-electron chi connectivity index (χ4n) is 3.47. The summed E-state index contributed by atoms with van der Waals surface area (Å²) >= 11 is 0. The number of benzene rings is 1. The summed E-state index contributed by atoms with van der Waals surface area (Å²) in [6.45, 7) is 4.73. The molecule has 7 heteroatoms. The SMILES string of the molecule is CCOc1ccccc1OCCCC(=O)NC1(c2noc(C)n2)CCCC1. The zero-order valence-corrected chi connectivity index (χ0v) is 16.0. The van der Waals surface area contributed by atoms with E-state index in [0.717, 1.165) is 31.4 Å². The van der Waals surface area contributed by atoms with Crippen molar-refractivity contribution in [2.75, 3.05) is 13.2 Å². The molecule has 1 saturated carbocycles. The Morgan fingerprint density at radius 2 is 1.93 bits per heavy atom. The van der Waals surface area contributed by atoms with Gasteiger partial charge in [-0.25, -0.2) is 0 Å². The molecule has 27 heavy (non-hydrogen) atoms. The minimum atomic E-state index is -0.489. The molecule has 1 fully saturated rings. The van der Waals surface area contributed by atoms with Crippen molar-refractivity contribution in [1.82, 2.24) is 15.5 Å². The second-order valence-corrected chi connectivity index (χ2v) is 6.81. The van der Waals surface area contributed by atoms with Crippen LogP contribution in [0.3, 0.4) is 0 Å². The van der Waals surface area contributed by atoms with Crippen molar-refractivity contribution < 1.29 is 18.8 Å². The van der Waals surface area contributed by atoms with Gasteiger partial charge in [-0.1, -0.05) is 30.1 Å². The Balaban J connectivity index is 1.49. The van der Waals surface area contributed by atoms with Gasteiger partial charge in [-0.3, -0.25) is 4.79 Å². The monoisotopic (exact) mass is 373 g/mol. The number of aryl methyl sites for hydroxylation is 1. The first-order valence-electron chi connectivity index (χ1n) is 9.59. The largest absolute Gasteiger partial charge is 0.490 e. The molecule has 7 nitrogen and oxygen atoms in total. The second-order valence-electron chi connectivity index (χ2n) is 6.81. The molecule has 0 saturated heterocycles. The summed E-state index contributed by atoms with van der Waals surface area (Å²) < 4.78 is 16.4. The smallest absolute Gasteiger partial charge is 0.223 e. The highest BCUT2D eigenvalue weighted by Crippen LogP contribution is 2.37. The minimum Gasteiger partial charge on any atom is -0.490 e. The zero-order chi connectivity index (χ0) is 19.1. The van der Waals surface area contributed by atoms with Gasteiger partial charge < -0.3 is 19.3 Å². The van der Waals surface area contributed by atoms with Crippen LogP contribution in [-0.4, -0.2) is 29.3 Å². The van der Waals surface area contributed by atoms with Gasteiger partial charge in [0.2, 0.25) is 11.8 Å². The standard InChI is InChI=1S/C20H27N3O4/c1-3-25-16-9-4-5-10-17(16)26-14-8-11-18(24)22-20(12-6-7-13-20)19-21-15(2)27-23-19/h4-5,9-10H,3,6-8,11-14H2,1-2H3,(H,22,24). The van der Waals surface area contributed by atoms with Crippen molar-refractivity contribution in [3.05, 3.63) is 36.0 Å². The van der Waals surface area contributed by atoms with Gasteiger partial charge >= 0.3 is 0 Å². The number of amides is 1. The van der Waals surface area contributed by atoms with Gasteiger partial charge in [0.05, 0.1) is 13.2 Å². The maximum absolute atomic E-state index is 12.5. The fourth-order valence-corrected chi connectivity index (χ4v) is 3.47. The van der Waals surface area contributed by atoms with Crippen LogP contribution < -0.4 is 14.8 Å². The molecule has 0 radical (unpaired) electrons. The van der Waals surface area contributed by atoms with Gasteiger partial charge in [-0.15, -0.1) is 0 Å². The van der Waals surface area contributed by atoms with Crippen LogP contribution in [0.5, 0.6) is 11.5 Å². The highest BCUT2D eigenvalue weighted by atomic mass is 16.5. The predicted molar refractivity (Wildman–Crippen MR) is 99.7 cm³/mol. The molecule has 1 amide bonds. The Labute approximate surface area is 159 Å². The summed E-state index contributed by atoms with van der Waals surface area (Å²) in [7, 11) is 0. The molecular weight excluding hydrogens is 346 g/mol. The van der Waals surface area contributed by atoms with Gasteiger partial charge in [0.15, 0.2) is 17.3 Å². The van der Waals surface area contributed by atoms with E-state index in [1.54, 1.807) is 6.92 Å². The summed E-state index contributed by atoms with van der Waals surface area (Å²) in [6, 6.07) is 7.56. The van der Waals surface area contributed by atoms with Crippen molar-refractivity contribution in [3.8, 4) is 11.5 Å². The van der Waals surface area contributed by atoms with Crippen molar-refractivity contribution >= 4 is 5.91 Å². The molecule has 0 bridgehead atoms. The third-order valence-corrected chi connectivity index (χ3v) is 4.75. The summed E-state index contributed by atoms with van der Waals surface area (Å²) in [4.78, 5) is 16.8. The number of rotatable bonds is 9. The maximum Gasteiger partial charge on any atom is 0.223 e. The molecule has 0 spiro atoms. The van der Waals surface area contributed by atoms with E-state index in [2.05, 4.69) is 15.5 Å². The molecule has 0 unspecified atom stereocenters. The van der Waals surface area contributed by atoms with E-state index >= 15 is 0 Å². The third kappa shape index (κ3) is 4.78. The summed E-state index contributed by atoms with van der Waals surface area (Å²) in [5, 5.41) is 7.20.